The Morgan fingerprint density at radius 1 is 1.12 bits per heavy atom. The van der Waals surface area contributed by atoms with Crippen molar-refractivity contribution in [2.75, 3.05) is 11.9 Å². The van der Waals surface area contributed by atoms with Crippen LogP contribution in [0.25, 0.3) is 0 Å². The number of nitrogens with one attached hydrogen (secondary N) is 2. The van der Waals surface area contributed by atoms with Crippen LogP contribution < -0.4 is 15.5 Å². The Balaban J connectivity index is 1.94. The number of anilines is 1. The van der Waals surface area contributed by atoms with Gasteiger partial charge < -0.3 is 15.2 Å². The first-order valence-corrected chi connectivity index (χ1v) is 7.67. The molecule has 0 fully saturated rings. The Kier molecular flexibility index (Phi) is 6.69. The fraction of sp³-hybridized carbons (Fsp3) is 0.0588. The van der Waals surface area contributed by atoms with E-state index in [1.807, 2.05) is 0 Å². The maximum atomic E-state index is 11.8. The number of hydrogen-bond acceptors (Lipinski definition) is 5. The molecule has 0 aromatic heterocycles. The maximum Gasteiger partial charge on any atom is 0.341 e. The number of para-hydroxylation sites is 1. The quantitative estimate of drug-likeness (QED) is 0.405. The van der Waals surface area contributed by atoms with E-state index >= 15 is 0 Å². The minimum Gasteiger partial charge on any atom is -0.481 e. The molecule has 0 saturated carbocycles. The van der Waals surface area contributed by atoms with Gasteiger partial charge in [0.2, 0.25) is 0 Å². The van der Waals surface area contributed by atoms with E-state index < -0.39 is 24.4 Å². The first-order chi connectivity index (χ1) is 12.5. The van der Waals surface area contributed by atoms with Gasteiger partial charge >= 0.3 is 17.8 Å². The minimum absolute atomic E-state index is 0.274. The van der Waals surface area contributed by atoms with Gasteiger partial charge in [-0.3, -0.25) is 9.59 Å². The topological polar surface area (TPSA) is 117 Å². The van der Waals surface area contributed by atoms with Gasteiger partial charge in [-0.2, -0.15) is 5.10 Å². The lowest BCUT2D eigenvalue weighted by Gasteiger charge is -2.06. The lowest BCUT2D eigenvalue weighted by atomic mass is 10.2. The molecule has 0 heterocycles. The molecule has 0 atom stereocenters. The largest absolute Gasteiger partial charge is 0.481 e. The van der Waals surface area contributed by atoms with Crippen molar-refractivity contribution in [1.82, 2.24) is 5.43 Å². The highest BCUT2D eigenvalue weighted by Crippen LogP contribution is 2.16. The molecule has 0 radical (unpaired) electrons. The van der Waals surface area contributed by atoms with E-state index in [0.717, 1.165) is 0 Å². The number of hydrogen-bond donors (Lipinski definition) is 3. The summed E-state index contributed by atoms with van der Waals surface area (Å²) in [6, 6.07) is 12.8. The third kappa shape index (κ3) is 5.91. The summed E-state index contributed by atoms with van der Waals surface area (Å²) in [5.74, 6) is -2.75. The fourth-order valence-electron chi connectivity index (χ4n) is 1.82. The van der Waals surface area contributed by atoms with Crippen LogP contribution in [0.1, 0.15) is 5.56 Å². The van der Waals surface area contributed by atoms with Crippen molar-refractivity contribution in [2.45, 2.75) is 0 Å². The van der Waals surface area contributed by atoms with E-state index in [-0.39, 0.29) is 5.75 Å². The Morgan fingerprint density at radius 3 is 2.62 bits per heavy atom. The molecular formula is C17H14ClN3O5. The number of carbonyl (C=O) groups is 3. The highest BCUT2D eigenvalue weighted by atomic mass is 35.5. The molecule has 2 amide bonds. The van der Waals surface area contributed by atoms with Gasteiger partial charge in [-0.15, -0.1) is 0 Å². The van der Waals surface area contributed by atoms with E-state index in [0.29, 0.717) is 16.3 Å². The molecular weight excluding hydrogens is 362 g/mol. The highest BCUT2D eigenvalue weighted by Gasteiger charge is 2.13. The van der Waals surface area contributed by atoms with E-state index in [4.69, 9.17) is 21.4 Å². The molecule has 2 aromatic carbocycles. The number of carboxylic acid groups (broad SMARTS) is 1. The number of halogens is 1. The molecule has 9 heteroatoms. The average Bonchev–Trinajstić information content (AvgIpc) is 2.60. The Bertz CT molecular complexity index is 854. The molecule has 0 bridgehead atoms. The van der Waals surface area contributed by atoms with Crippen molar-refractivity contribution in [1.29, 1.82) is 0 Å². The summed E-state index contributed by atoms with van der Waals surface area (Å²) in [7, 11) is 0. The van der Waals surface area contributed by atoms with Gasteiger partial charge in [0, 0.05) is 16.3 Å². The van der Waals surface area contributed by atoms with Crippen LogP contribution in [-0.4, -0.2) is 35.7 Å². The van der Waals surface area contributed by atoms with Crippen LogP contribution in [0.3, 0.4) is 0 Å². The summed E-state index contributed by atoms with van der Waals surface area (Å²) in [6.45, 7) is -0.515. The number of nitrogens with zero attached hydrogens (tertiary/aromatic N) is 1. The summed E-state index contributed by atoms with van der Waals surface area (Å²) < 4.78 is 5.10. The third-order valence-electron chi connectivity index (χ3n) is 2.93. The molecule has 26 heavy (non-hydrogen) atoms. The first-order valence-electron chi connectivity index (χ1n) is 7.29. The molecule has 2 aromatic rings. The second kappa shape index (κ2) is 9.19. The molecule has 0 aliphatic rings. The van der Waals surface area contributed by atoms with Crippen molar-refractivity contribution in [3.63, 3.8) is 0 Å². The Hall–Kier alpha value is -3.39. The van der Waals surface area contributed by atoms with E-state index in [1.165, 1.54) is 12.3 Å². The molecule has 0 saturated heterocycles. The van der Waals surface area contributed by atoms with Crippen LogP contribution in [-0.2, 0) is 14.4 Å². The molecule has 3 N–H and O–H groups in total. The average molecular weight is 376 g/mol. The number of carbonyl (C=O) groups excluding carboxylic acids is 2. The summed E-state index contributed by atoms with van der Waals surface area (Å²) >= 11 is 5.80. The van der Waals surface area contributed by atoms with Gasteiger partial charge in [0.15, 0.2) is 6.61 Å². The fourth-order valence-corrected chi connectivity index (χ4v) is 2.01. The minimum atomic E-state index is -1.12. The monoisotopic (exact) mass is 375 g/mol. The zero-order chi connectivity index (χ0) is 18.9. The van der Waals surface area contributed by atoms with Crippen molar-refractivity contribution >= 4 is 41.3 Å². The lowest BCUT2D eigenvalue weighted by Crippen LogP contribution is -2.32. The van der Waals surface area contributed by atoms with Crippen molar-refractivity contribution in [3.8, 4) is 5.75 Å². The molecule has 134 valence electrons. The van der Waals surface area contributed by atoms with Crippen LogP contribution in [0, 0.1) is 0 Å². The third-order valence-corrected chi connectivity index (χ3v) is 3.16. The SMILES string of the molecule is O=C(O)COc1ccccc1/C=N\NC(=O)C(=O)Nc1cccc(Cl)c1. The molecule has 0 spiro atoms. The first kappa shape index (κ1) is 18.9. The molecule has 0 aliphatic heterocycles. The smallest absolute Gasteiger partial charge is 0.341 e. The number of carboxylic acids is 1. The molecule has 2 rings (SSSR count). The van der Waals surface area contributed by atoms with Gasteiger partial charge in [0.1, 0.15) is 5.75 Å². The summed E-state index contributed by atoms with van der Waals surface area (Å²) in [4.78, 5) is 34.1. The predicted molar refractivity (Wildman–Crippen MR) is 95.4 cm³/mol. The van der Waals surface area contributed by atoms with E-state index in [2.05, 4.69) is 15.8 Å². The number of rotatable bonds is 6. The van der Waals surface area contributed by atoms with E-state index in [1.54, 1.807) is 42.5 Å². The van der Waals surface area contributed by atoms with Crippen LogP contribution in [0.5, 0.6) is 5.75 Å². The zero-order valence-corrected chi connectivity index (χ0v) is 14.1. The number of ether oxygens (including phenoxy) is 1. The number of benzene rings is 2. The normalized spacial score (nSPS) is 10.3. The van der Waals surface area contributed by atoms with Gasteiger partial charge in [0.25, 0.3) is 0 Å². The van der Waals surface area contributed by atoms with Crippen molar-refractivity contribution in [3.05, 3.63) is 59.1 Å². The second-order valence-corrected chi connectivity index (χ2v) is 5.32. The summed E-state index contributed by atoms with van der Waals surface area (Å²) in [5, 5.41) is 15.1. The summed E-state index contributed by atoms with van der Waals surface area (Å²) in [6.07, 6.45) is 1.24. The van der Waals surface area contributed by atoms with Crippen molar-refractivity contribution in [2.24, 2.45) is 5.10 Å². The van der Waals surface area contributed by atoms with Crippen LogP contribution in [0.2, 0.25) is 5.02 Å². The number of amides is 2. The predicted octanol–water partition coefficient (Wildman–Crippen LogP) is 1.89. The molecule has 0 aliphatic carbocycles. The second-order valence-electron chi connectivity index (χ2n) is 4.88. The van der Waals surface area contributed by atoms with Gasteiger partial charge in [-0.05, 0) is 30.3 Å². The van der Waals surface area contributed by atoms with Gasteiger partial charge in [-0.25, -0.2) is 10.2 Å². The standard InChI is InChI=1S/C17H14ClN3O5/c18-12-5-3-6-13(8-12)20-16(24)17(25)21-19-9-11-4-1-2-7-14(11)26-10-15(22)23/h1-9H,10H2,(H,20,24)(H,21,25)(H,22,23)/b19-9-. The zero-order valence-electron chi connectivity index (χ0n) is 13.3. The van der Waals surface area contributed by atoms with Crippen LogP contribution in [0.15, 0.2) is 53.6 Å². The van der Waals surface area contributed by atoms with Crippen molar-refractivity contribution < 1.29 is 24.2 Å². The lowest BCUT2D eigenvalue weighted by molar-refractivity contribution is -0.139. The van der Waals surface area contributed by atoms with Crippen LogP contribution in [0.4, 0.5) is 5.69 Å². The molecule has 8 nitrogen and oxygen atoms in total. The number of aliphatic carboxylic acids is 1. The Labute approximate surface area is 153 Å². The molecule has 0 unspecified atom stereocenters. The maximum absolute atomic E-state index is 11.8. The van der Waals surface area contributed by atoms with Crippen LogP contribution >= 0.6 is 11.6 Å². The summed E-state index contributed by atoms with van der Waals surface area (Å²) in [5.41, 5.74) is 2.88. The van der Waals surface area contributed by atoms with Gasteiger partial charge in [-0.1, -0.05) is 29.8 Å². The Morgan fingerprint density at radius 2 is 1.88 bits per heavy atom. The highest BCUT2D eigenvalue weighted by molar-refractivity contribution is 6.39. The van der Waals surface area contributed by atoms with E-state index in [9.17, 15) is 14.4 Å². The van der Waals surface area contributed by atoms with Gasteiger partial charge in [0.05, 0.1) is 6.21 Å². The number of hydrazone groups is 1.